The Balaban J connectivity index is 2.38. The van der Waals surface area contributed by atoms with Crippen molar-refractivity contribution in [1.82, 2.24) is 5.14 Å². The second kappa shape index (κ2) is 15.9. The molecule has 0 radical (unpaired) electrons. The Morgan fingerprint density at radius 2 is 1.35 bits per heavy atom. The fourth-order valence-corrected chi connectivity index (χ4v) is 4.32. The average Bonchev–Trinajstić information content (AvgIpc) is 2.70. The maximum absolute atomic E-state index is 3.67. The van der Waals surface area contributed by atoms with Crippen LogP contribution in [0, 0.1) is 5.92 Å². The van der Waals surface area contributed by atoms with Gasteiger partial charge in [0.1, 0.15) is 14.6 Å². The first-order valence-electron chi connectivity index (χ1n) is 11.1. The smallest absolute Gasteiger partial charge is 0.148 e. The van der Waals surface area contributed by atoms with E-state index in [1.165, 1.54) is 121 Å². The van der Waals surface area contributed by atoms with Crippen LogP contribution in [0.5, 0.6) is 0 Å². The molecule has 1 fully saturated rings. The Hall–Kier alpha value is 0.415. The maximum atomic E-state index is 3.67. The zero-order valence-corrected chi connectivity index (χ0v) is 16.4. The molecule has 0 aromatic rings. The van der Waals surface area contributed by atoms with Crippen LogP contribution in [0.2, 0.25) is 5.72 Å². The molecule has 1 heterocycles. The predicted octanol–water partition coefficient (Wildman–Crippen LogP) is 0.743. The second-order valence-electron chi connectivity index (χ2n) is 7.96. The average molecular weight is 308 g/mol. The Bertz CT molecular complexity index is 248. The van der Waals surface area contributed by atoms with Crippen LogP contribution >= 0.6 is 0 Å². The normalized spacial score (nSPS) is 19.0. The van der Waals surface area contributed by atoms with Gasteiger partial charge in [-0.1, -0.05) is 96.1 Å². The van der Waals surface area contributed by atoms with E-state index >= 15 is 0 Å². The van der Waals surface area contributed by atoms with Gasteiger partial charge in [-0.05, 0) is 0 Å². The van der Waals surface area contributed by atoms with Gasteiger partial charge in [0.25, 0.3) is 0 Å². The van der Waals surface area contributed by atoms with Crippen LogP contribution in [0.1, 0.15) is 84.5 Å². The van der Waals surface area contributed by atoms with Crippen LogP contribution in [-0.4, -0.2) is 50.1 Å². The Morgan fingerprint density at radius 3 is 2.04 bits per heavy atom. The molecule has 8 heteroatoms. The van der Waals surface area contributed by atoms with Gasteiger partial charge in [-0.3, -0.25) is 0 Å². The third-order valence-electron chi connectivity index (χ3n) is 5.89. The molecule has 1 rings (SSSR count). The number of hydrogen-bond acceptors (Lipinski definition) is 1. The molecule has 1 N–H and O–H groups in total. The van der Waals surface area contributed by atoms with Crippen molar-refractivity contribution in [3.05, 3.63) is 0 Å². The summed E-state index contributed by atoms with van der Waals surface area (Å²) in [6, 6.07) is 0. The van der Waals surface area contributed by atoms with Crippen molar-refractivity contribution in [3.8, 4) is 0 Å². The highest BCUT2D eigenvalue weighted by Crippen LogP contribution is 2.28. The second-order valence-corrected chi connectivity index (χ2v) is 7.96. The minimum Gasteiger partial charge on any atom is -0.416 e. The van der Waals surface area contributed by atoms with E-state index in [4.69, 9.17) is 0 Å². The summed E-state index contributed by atoms with van der Waals surface area (Å²) < 4.78 is 0. The first kappa shape index (κ1) is 21.5. The molecule has 1 aliphatic heterocycles. The molecular weight excluding hydrogens is 270 g/mol. The molecule has 0 amide bonds. The Labute approximate surface area is 151 Å². The largest absolute Gasteiger partial charge is 0.416 e. The molecule has 1 saturated heterocycles. The van der Waals surface area contributed by atoms with Gasteiger partial charge in [0, 0.05) is 14.1 Å². The van der Waals surface area contributed by atoms with Crippen molar-refractivity contribution in [2.24, 2.45) is 5.92 Å². The molecule has 0 bridgehead atoms. The van der Waals surface area contributed by atoms with Gasteiger partial charge in [-0.2, -0.15) is 0 Å². The van der Waals surface area contributed by atoms with Crippen LogP contribution in [0.25, 0.3) is 0 Å². The topological polar surface area (TPSA) is 12.0 Å². The molecule has 2 atom stereocenters. The summed E-state index contributed by atoms with van der Waals surface area (Å²) in [5.41, 5.74) is 1.01. The summed E-state index contributed by atoms with van der Waals surface area (Å²) >= 11 is 0. The summed E-state index contributed by atoms with van der Waals surface area (Å²) in [7, 11) is 9.79. The number of nitrogens with one attached hydrogen (secondary N) is 1. The number of rotatable bonds is 12. The van der Waals surface area contributed by atoms with E-state index in [-0.39, 0.29) is 0 Å². The van der Waals surface area contributed by atoms with E-state index in [1.54, 1.807) is 0 Å². The van der Waals surface area contributed by atoms with E-state index in [1.807, 2.05) is 0 Å². The Kier molecular flexibility index (Phi) is 14.8. The summed E-state index contributed by atoms with van der Waals surface area (Å²) in [5.74, 6) is 1.02. The van der Waals surface area contributed by atoms with Gasteiger partial charge in [0.15, 0.2) is 0 Å². The molecule has 0 aromatic heterocycles. The maximum Gasteiger partial charge on any atom is 0.148 e. The van der Waals surface area contributed by atoms with Gasteiger partial charge in [-0.25, -0.2) is 0 Å². The third-order valence-corrected chi connectivity index (χ3v) is 5.89. The molecule has 23 heavy (non-hydrogen) atoms. The molecule has 2 unspecified atom stereocenters. The SMILES string of the molecule is CCCCCCCC(CCCCCC)C1BBBBBNBB1. The summed E-state index contributed by atoms with van der Waals surface area (Å²) in [5, 5.41) is 3.67. The lowest BCUT2D eigenvalue weighted by Gasteiger charge is -2.26. The summed E-state index contributed by atoms with van der Waals surface area (Å²) in [6.07, 6.45) is 16.0. The van der Waals surface area contributed by atoms with Gasteiger partial charge in [0.2, 0.25) is 0 Å². The Morgan fingerprint density at radius 1 is 0.696 bits per heavy atom. The minimum absolute atomic E-state index is 1.01. The van der Waals surface area contributed by atoms with Crippen LogP contribution < -0.4 is 5.14 Å². The van der Waals surface area contributed by atoms with Crippen molar-refractivity contribution in [2.75, 3.05) is 0 Å². The number of unbranched alkanes of at least 4 members (excludes halogenated alkanes) is 7. The van der Waals surface area contributed by atoms with Crippen molar-refractivity contribution < 1.29 is 0 Å². The monoisotopic (exact) mass is 309 g/mol. The van der Waals surface area contributed by atoms with Crippen LogP contribution in [-0.2, 0) is 0 Å². The standard InChI is InChI=1S/C15H38B7N/c1-3-5-7-9-11-13-14(12-10-8-6-4-2)15-16-18-19-20-22-23-21-17-15/h14-23H,3-13H2,1-2H3. The van der Waals surface area contributed by atoms with Crippen molar-refractivity contribution in [3.63, 3.8) is 0 Å². The fourth-order valence-electron chi connectivity index (χ4n) is 4.32. The van der Waals surface area contributed by atoms with Gasteiger partial charge >= 0.3 is 0 Å². The highest BCUT2D eigenvalue weighted by molar-refractivity contribution is 7.54. The third kappa shape index (κ3) is 11.6. The van der Waals surface area contributed by atoms with E-state index in [0.717, 1.165) is 11.6 Å². The van der Waals surface area contributed by atoms with Crippen LogP contribution in [0.3, 0.4) is 0 Å². The van der Waals surface area contributed by atoms with Crippen molar-refractivity contribution in [1.29, 1.82) is 0 Å². The zero-order valence-electron chi connectivity index (χ0n) is 16.4. The van der Waals surface area contributed by atoms with E-state index in [2.05, 4.69) is 19.0 Å². The molecule has 1 nitrogen and oxygen atoms in total. The highest BCUT2D eigenvalue weighted by atomic mass is 14.6. The molecule has 0 aromatic carbocycles. The van der Waals surface area contributed by atoms with E-state index < -0.39 is 0 Å². The van der Waals surface area contributed by atoms with Gasteiger partial charge in [0.05, 0.1) is 21.4 Å². The quantitative estimate of drug-likeness (QED) is 0.414. The first-order chi connectivity index (χ1) is 11.4. The van der Waals surface area contributed by atoms with Gasteiger partial charge < -0.3 is 5.14 Å². The lowest BCUT2D eigenvalue weighted by atomic mass is 9.00. The molecule has 0 spiro atoms. The summed E-state index contributed by atoms with van der Waals surface area (Å²) in [6.45, 7) is 4.65. The minimum atomic E-state index is 1.01. The molecule has 0 saturated carbocycles. The van der Waals surface area contributed by atoms with Crippen LogP contribution in [0.15, 0.2) is 0 Å². The lowest BCUT2D eigenvalue weighted by molar-refractivity contribution is 0.420. The predicted molar refractivity (Wildman–Crippen MR) is 123 cm³/mol. The van der Waals surface area contributed by atoms with Crippen molar-refractivity contribution in [2.45, 2.75) is 90.2 Å². The zero-order chi connectivity index (χ0) is 16.6. The lowest BCUT2D eigenvalue weighted by Crippen LogP contribution is -2.35. The molecule has 0 aliphatic carbocycles. The van der Waals surface area contributed by atoms with Crippen molar-refractivity contribution >= 4 is 50.1 Å². The highest BCUT2D eigenvalue weighted by Gasteiger charge is 2.23. The number of hydrogen-bond donors (Lipinski definition) is 1. The van der Waals surface area contributed by atoms with E-state index in [0.29, 0.717) is 0 Å². The van der Waals surface area contributed by atoms with Crippen LogP contribution in [0.4, 0.5) is 0 Å². The molecule has 1 aliphatic rings. The van der Waals surface area contributed by atoms with E-state index in [9.17, 15) is 0 Å². The van der Waals surface area contributed by atoms with Gasteiger partial charge in [-0.15, -0.1) is 0 Å². The first-order valence-corrected chi connectivity index (χ1v) is 11.1. The molecule has 124 valence electrons. The molecular formula is C15H38B7N. The summed E-state index contributed by atoms with van der Waals surface area (Å²) in [4.78, 5) is 0. The fraction of sp³-hybridized carbons (Fsp3) is 1.00.